The van der Waals surface area contributed by atoms with Crippen LogP contribution >= 0.6 is 23.2 Å². The molecule has 0 bridgehead atoms. The van der Waals surface area contributed by atoms with Crippen molar-refractivity contribution in [2.45, 2.75) is 25.8 Å². The molecule has 0 saturated carbocycles. The predicted octanol–water partition coefficient (Wildman–Crippen LogP) is 5.21. The molecule has 1 aliphatic rings. The summed E-state index contributed by atoms with van der Waals surface area (Å²) in [5.74, 6) is -0.820. The van der Waals surface area contributed by atoms with Crippen molar-refractivity contribution in [3.05, 3.63) is 82.3 Å². The van der Waals surface area contributed by atoms with Crippen molar-refractivity contribution >= 4 is 52.3 Å². The lowest BCUT2D eigenvalue weighted by Gasteiger charge is -2.34. The molecule has 4 rings (SSSR count). The molecule has 3 aromatic rings. The van der Waals surface area contributed by atoms with Crippen LogP contribution in [0, 0.1) is 0 Å². The topological polar surface area (TPSA) is 99.0 Å². The normalized spacial score (nSPS) is 14.0. The molecule has 0 radical (unpaired) electrons. The maximum atomic E-state index is 13.7. The van der Waals surface area contributed by atoms with Crippen molar-refractivity contribution in [3.63, 3.8) is 0 Å². The van der Waals surface area contributed by atoms with Crippen molar-refractivity contribution < 1.29 is 14.4 Å². The molecule has 1 atom stereocenters. The summed E-state index contributed by atoms with van der Waals surface area (Å²) < 4.78 is 0. The third kappa shape index (κ3) is 8.22. The zero-order chi connectivity index (χ0) is 29.5. The first-order valence-corrected chi connectivity index (χ1v) is 14.3. The molecule has 0 aliphatic carbocycles. The minimum atomic E-state index is -0.555. The molecule has 1 aliphatic heterocycles. The van der Waals surface area contributed by atoms with E-state index in [1.165, 1.54) is 6.92 Å². The van der Waals surface area contributed by atoms with E-state index in [9.17, 15) is 14.4 Å². The maximum absolute atomic E-state index is 13.7. The number of benzene rings is 3. The number of nitrogens with one attached hydrogen (secondary N) is 1. The quantitative estimate of drug-likeness (QED) is 0.317. The number of carbonyl (C=O) groups excluding carboxylic acids is 3. The molecule has 1 fully saturated rings. The van der Waals surface area contributed by atoms with Crippen LogP contribution in [0.1, 0.15) is 31.4 Å². The summed E-state index contributed by atoms with van der Waals surface area (Å²) in [7, 11) is 1.80. The van der Waals surface area contributed by atoms with E-state index in [0.717, 1.165) is 48.3 Å². The van der Waals surface area contributed by atoms with E-state index in [1.54, 1.807) is 35.0 Å². The Morgan fingerprint density at radius 2 is 1.51 bits per heavy atom. The monoisotopic (exact) mass is 595 g/mol. The zero-order valence-corrected chi connectivity index (χ0v) is 24.8. The molecule has 1 saturated heterocycles. The van der Waals surface area contributed by atoms with E-state index in [4.69, 9.17) is 28.9 Å². The second-order valence-corrected chi connectivity index (χ2v) is 11.1. The van der Waals surface area contributed by atoms with Crippen LogP contribution in [0.3, 0.4) is 0 Å². The summed E-state index contributed by atoms with van der Waals surface area (Å²) >= 11 is 12.3. The van der Waals surface area contributed by atoms with Gasteiger partial charge >= 0.3 is 0 Å². The number of amides is 3. The van der Waals surface area contributed by atoms with Gasteiger partial charge in [-0.05, 0) is 73.0 Å². The molecular formula is C31H35Cl2N5O3. The molecule has 3 aromatic carbocycles. The summed E-state index contributed by atoms with van der Waals surface area (Å²) in [6.45, 7) is 3.99. The predicted molar refractivity (Wildman–Crippen MR) is 165 cm³/mol. The minimum absolute atomic E-state index is 0.0490. The standard InChI is InChI=1S/C31H35Cl2N5O3/c1-21(39)35-25-11-9-23(10-12-25)22-5-7-24(8-6-22)29(18-37-15-3-4-16-37)36(2)31(41)20-38(19-30(34)40)26-13-14-27(32)28(33)17-26/h5-14,17,29H,3-4,15-16,18-20H2,1-2H3,(H2,34,40)(H,35,39)/t29-/m0/s1. The molecule has 3 amide bonds. The lowest BCUT2D eigenvalue weighted by molar-refractivity contribution is -0.131. The molecule has 0 unspecified atom stereocenters. The number of carbonyl (C=O) groups is 3. The van der Waals surface area contributed by atoms with Crippen LogP contribution in [0.4, 0.5) is 11.4 Å². The summed E-state index contributed by atoms with van der Waals surface area (Å²) in [5, 5.41) is 3.50. The van der Waals surface area contributed by atoms with Crippen LogP contribution in [-0.2, 0) is 14.4 Å². The van der Waals surface area contributed by atoms with E-state index < -0.39 is 5.91 Å². The number of nitrogens with two attached hydrogens (primary N) is 1. The first-order chi connectivity index (χ1) is 19.6. The van der Waals surface area contributed by atoms with Gasteiger partial charge in [-0.2, -0.15) is 0 Å². The van der Waals surface area contributed by atoms with Gasteiger partial charge in [0.15, 0.2) is 0 Å². The molecule has 8 nitrogen and oxygen atoms in total. The molecule has 0 spiro atoms. The van der Waals surface area contributed by atoms with Gasteiger partial charge in [0, 0.05) is 31.9 Å². The highest BCUT2D eigenvalue weighted by Gasteiger charge is 2.27. The summed E-state index contributed by atoms with van der Waals surface area (Å²) in [4.78, 5) is 42.6. The second kappa shape index (κ2) is 13.9. The Morgan fingerprint density at radius 1 is 0.902 bits per heavy atom. The van der Waals surface area contributed by atoms with Gasteiger partial charge in [-0.3, -0.25) is 14.4 Å². The van der Waals surface area contributed by atoms with E-state index in [-0.39, 0.29) is 30.9 Å². The minimum Gasteiger partial charge on any atom is -0.368 e. The number of halogens is 2. The van der Waals surface area contributed by atoms with Crippen LogP contribution in [0.5, 0.6) is 0 Å². The lowest BCUT2D eigenvalue weighted by atomic mass is 9.99. The van der Waals surface area contributed by atoms with Crippen molar-refractivity contribution in [2.75, 3.05) is 50.0 Å². The number of hydrogen-bond acceptors (Lipinski definition) is 5. The van der Waals surface area contributed by atoms with Gasteiger partial charge in [-0.25, -0.2) is 0 Å². The number of primary amides is 1. The fourth-order valence-corrected chi connectivity index (χ4v) is 5.36. The highest BCUT2D eigenvalue weighted by atomic mass is 35.5. The van der Waals surface area contributed by atoms with Gasteiger partial charge in [0.1, 0.15) is 0 Å². The Kier molecular flexibility index (Phi) is 10.3. The average molecular weight is 597 g/mol. The molecule has 1 heterocycles. The number of nitrogens with zero attached hydrogens (tertiary/aromatic N) is 3. The Labute approximate surface area is 251 Å². The van der Waals surface area contributed by atoms with Crippen molar-refractivity contribution in [3.8, 4) is 11.1 Å². The van der Waals surface area contributed by atoms with Crippen LogP contribution in [-0.4, -0.2) is 67.3 Å². The van der Waals surface area contributed by atoms with E-state index in [0.29, 0.717) is 22.3 Å². The van der Waals surface area contributed by atoms with Crippen LogP contribution in [0.15, 0.2) is 66.7 Å². The highest BCUT2D eigenvalue weighted by molar-refractivity contribution is 6.42. The van der Waals surface area contributed by atoms with Gasteiger partial charge in [-0.1, -0.05) is 59.6 Å². The van der Waals surface area contributed by atoms with Gasteiger partial charge in [0.25, 0.3) is 0 Å². The van der Waals surface area contributed by atoms with E-state index >= 15 is 0 Å². The Bertz CT molecular complexity index is 1380. The highest BCUT2D eigenvalue weighted by Crippen LogP contribution is 2.29. The fraction of sp³-hybridized carbons (Fsp3) is 0.323. The van der Waals surface area contributed by atoms with Crippen molar-refractivity contribution in [1.82, 2.24) is 9.80 Å². The van der Waals surface area contributed by atoms with Crippen LogP contribution < -0.4 is 16.0 Å². The third-order valence-corrected chi connectivity index (χ3v) is 8.00. The zero-order valence-electron chi connectivity index (χ0n) is 23.3. The van der Waals surface area contributed by atoms with Gasteiger partial charge in [0.2, 0.25) is 17.7 Å². The average Bonchev–Trinajstić information content (AvgIpc) is 3.46. The number of likely N-dealkylation sites (N-methyl/N-ethyl adjacent to an activating group) is 1. The van der Waals surface area contributed by atoms with E-state index in [2.05, 4.69) is 22.3 Å². The lowest BCUT2D eigenvalue weighted by Crippen LogP contribution is -2.45. The summed E-state index contributed by atoms with van der Waals surface area (Å²) in [6.07, 6.45) is 2.28. The first kappa shape index (κ1) is 30.4. The number of anilines is 2. The largest absolute Gasteiger partial charge is 0.368 e. The van der Waals surface area contributed by atoms with Crippen molar-refractivity contribution in [1.29, 1.82) is 0 Å². The third-order valence-electron chi connectivity index (χ3n) is 7.27. The smallest absolute Gasteiger partial charge is 0.242 e. The van der Waals surface area contributed by atoms with E-state index in [1.807, 2.05) is 36.4 Å². The van der Waals surface area contributed by atoms with Crippen LogP contribution in [0.25, 0.3) is 11.1 Å². The Balaban J connectivity index is 1.55. The Morgan fingerprint density at radius 3 is 2.07 bits per heavy atom. The van der Waals surface area contributed by atoms with Gasteiger partial charge in [-0.15, -0.1) is 0 Å². The SMILES string of the molecule is CC(=O)Nc1ccc(-c2ccc([C@H](CN3CCCC3)N(C)C(=O)CN(CC(N)=O)c3ccc(Cl)c(Cl)c3)cc2)cc1. The van der Waals surface area contributed by atoms with Gasteiger partial charge in [0.05, 0.1) is 29.2 Å². The first-order valence-electron chi connectivity index (χ1n) is 13.5. The second-order valence-electron chi connectivity index (χ2n) is 10.3. The van der Waals surface area contributed by atoms with Crippen molar-refractivity contribution in [2.24, 2.45) is 5.73 Å². The summed E-state index contributed by atoms with van der Waals surface area (Å²) in [6, 6.07) is 20.7. The molecule has 3 N–H and O–H groups in total. The Hall–Kier alpha value is -3.59. The number of rotatable bonds is 11. The summed E-state index contributed by atoms with van der Waals surface area (Å²) in [5.41, 5.74) is 9.92. The fourth-order valence-electron chi connectivity index (χ4n) is 5.07. The van der Waals surface area contributed by atoms with Crippen LogP contribution in [0.2, 0.25) is 10.0 Å². The molecule has 10 heteroatoms. The molecule has 0 aromatic heterocycles. The number of hydrogen-bond donors (Lipinski definition) is 2. The maximum Gasteiger partial charge on any atom is 0.242 e. The molecular weight excluding hydrogens is 561 g/mol. The molecule has 216 valence electrons. The number of likely N-dealkylation sites (tertiary alicyclic amines) is 1. The van der Waals surface area contributed by atoms with Gasteiger partial charge < -0.3 is 25.8 Å². The molecule has 41 heavy (non-hydrogen) atoms.